The molecule has 0 unspecified atom stereocenters. The molecule has 0 saturated carbocycles. The molecule has 2 fully saturated rings. The number of rotatable bonds is 4. The van der Waals surface area contributed by atoms with E-state index >= 15 is 0 Å². The average molecular weight is 400 g/mol. The van der Waals surface area contributed by atoms with Crippen molar-refractivity contribution < 1.29 is 9.59 Å². The number of aromatic nitrogens is 2. The van der Waals surface area contributed by atoms with Crippen LogP contribution >= 0.6 is 11.3 Å². The summed E-state index contributed by atoms with van der Waals surface area (Å²) in [6.45, 7) is 6.87. The fourth-order valence-electron chi connectivity index (χ4n) is 3.70. The van der Waals surface area contributed by atoms with Gasteiger partial charge in [0.25, 0.3) is 5.91 Å². The molecule has 28 heavy (non-hydrogen) atoms. The Kier molecular flexibility index (Phi) is 5.68. The lowest BCUT2D eigenvalue weighted by Gasteiger charge is -2.34. The third-order valence-electron chi connectivity index (χ3n) is 5.35. The number of aryl methyl sites for hydroxylation is 1. The largest absolute Gasteiger partial charge is 0.342 e. The van der Waals surface area contributed by atoms with Crippen molar-refractivity contribution in [2.75, 3.05) is 45.8 Å². The summed E-state index contributed by atoms with van der Waals surface area (Å²) >= 11 is 1.40. The van der Waals surface area contributed by atoms with Gasteiger partial charge in [0.15, 0.2) is 0 Å². The summed E-state index contributed by atoms with van der Waals surface area (Å²) in [6, 6.07) is 5.69. The van der Waals surface area contributed by atoms with Crippen LogP contribution in [0.2, 0.25) is 0 Å². The first kappa shape index (κ1) is 19.0. The summed E-state index contributed by atoms with van der Waals surface area (Å²) in [6.07, 6.45) is 3.96. The van der Waals surface area contributed by atoms with E-state index in [-0.39, 0.29) is 11.8 Å². The van der Waals surface area contributed by atoms with Gasteiger partial charge in [-0.05, 0) is 31.9 Å². The van der Waals surface area contributed by atoms with Gasteiger partial charge in [0.2, 0.25) is 5.91 Å². The van der Waals surface area contributed by atoms with E-state index in [1.165, 1.54) is 11.3 Å². The maximum Gasteiger partial charge on any atom is 0.265 e. The number of amides is 2. The first-order valence-corrected chi connectivity index (χ1v) is 10.6. The van der Waals surface area contributed by atoms with Crippen molar-refractivity contribution in [3.05, 3.63) is 35.0 Å². The van der Waals surface area contributed by atoms with Crippen molar-refractivity contribution in [1.29, 1.82) is 0 Å². The molecule has 0 spiro atoms. The SMILES string of the molecule is Cc1nc(-c2ccccn2)sc1C(=O)N1CCN(CC(=O)N2CCCC2)CC1. The second kappa shape index (κ2) is 8.36. The Morgan fingerprint density at radius 1 is 1.04 bits per heavy atom. The molecule has 0 aliphatic carbocycles. The Labute approximate surface area is 169 Å². The van der Waals surface area contributed by atoms with Crippen LogP contribution in [0.1, 0.15) is 28.2 Å². The summed E-state index contributed by atoms with van der Waals surface area (Å²) in [5.41, 5.74) is 1.54. The standard InChI is InChI=1S/C20H25N5O2S/c1-15-18(28-19(22-15)16-6-2-3-7-21-16)20(27)25-12-10-23(11-13-25)14-17(26)24-8-4-5-9-24/h2-3,6-7H,4-5,8-14H2,1H3. The van der Waals surface area contributed by atoms with Crippen LogP contribution in [0.15, 0.2) is 24.4 Å². The van der Waals surface area contributed by atoms with Crippen molar-refractivity contribution in [1.82, 2.24) is 24.7 Å². The highest BCUT2D eigenvalue weighted by molar-refractivity contribution is 7.17. The minimum Gasteiger partial charge on any atom is -0.342 e. The minimum atomic E-state index is 0.0303. The zero-order chi connectivity index (χ0) is 19.5. The lowest BCUT2D eigenvalue weighted by molar-refractivity contribution is -0.131. The molecule has 0 N–H and O–H groups in total. The Hall–Kier alpha value is -2.32. The lowest BCUT2D eigenvalue weighted by Crippen LogP contribution is -2.51. The fourth-order valence-corrected chi connectivity index (χ4v) is 4.72. The van der Waals surface area contributed by atoms with E-state index in [0.717, 1.165) is 55.4 Å². The topological polar surface area (TPSA) is 69.6 Å². The summed E-state index contributed by atoms with van der Waals surface area (Å²) in [7, 11) is 0. The van der Waals surface area contributed by atoms with E-state index in [1.54, 1.807) is 6.20 Å². The molecule has 7 nitrogen and oxygen atoms in total. The second-order valence-corrected chi connectivity index (χ2v) is 8.30. The van der Waals surface area contributed by atoms with Crippen molar-refractivity contribution in [2.24, 2.45) is 0 Å². The zero-order valence-electron chi connectivity index (χ0n) is 16.1. The van der Waals surface area contributed by atoms with Crippen LogP contribution in [0.5, 0.6) is 0 Å². The lowest BCUT2D eigenvalue weighted by atomic mass is 10.2. The Morgan fingerprint density at radius 3 is 2.46 bits per heavy atom. The van der Waals surface area contributed by atoms with Gasteiger partial charge in [0.1, 0.15) is 9.88 Å². The number of carbonyl (C=O) groups is 2. The second-order valence-electron chi connectivity index (χ2n) is 7.30. The Balaban J connectivity index is 1.35. The first-order chi connectivity index (χ1) is 13.6. The Morgan fingerprint density at radius 2 is 1.79 bits per heavy atom. The van der Waals surface area contributed by atoms with Crippen LogP contribution in [0.25, 0.3) is 10.7 Å². The van der Waals surface area contributed by atoms with Crippen LogP contribution in [0.3, 0.4) is 0 Å². The van der Waals surface area contributed by atoms with Gasteiger partial charge in [-0.1, -0.05) is 6.07 Å². The van der Waals surface area contributed by atoms with Gasteiger partial charge in [-0.15, -0.1) is 11.3 Å². The predicted octanol–water partition coefficient (Wildman–Crippen LogP) is 1.89. The molecule has 4 rings (SSSR count). The third kappa shape index (κ3) is 4.07. The quantitative estimate of drug-likeness (QED) is 0.785. The molecule has 2 aliphatic rings. The zero-order valence-corrected chi connectivity index (χ0v) is 17.0. The van der Waals surface area contributed by atoms with E-state index in [0.29, 0.717) is 24.5 Å². The predicted molar refractivity (Wildman–Crippen MR) is 108 cm³/mol. The van der Waals surface area contributed by atoms with Gasteiger partial charge < -0.3 is 9.80 Å². The van der Waals surface area contributed by atoms with Crippen LogP contribution < -0.4 is 0 Å². The van der Waals surface area contributed by atoms with E-state index < -0.39 is 0 Å². The maximum absolute atomic E-state index is 13.0. The molecule has 4 heterocycles. The molecule has 0 aromatic carbocycles. The van der Waals surface area contributed by atoms with Crippen LogP contribution in [-0.2, 0) is 4.79 Å². The number of hydrogen-bond donors (Lipinski definition) is 0. The molecule has 148 valence electrons. The highest BCUT2D eigenvalue weighted by Crippen LogP contribution is 2.27. The van der Waals surface area contributed by atoms with Crippen molar-refractivity contribution in [3.63, 3.8) is 0 Å². The van der Waals surface area contributed by atoms with Gasteiger partial charge in [0, 0.05) is 45.5 Å². The van der Waals surface area contributed by atoms with Crippen molar-refractivity contribution >= 4 is 23.2 Å². The number of nitrogens with zero attached hydrogens (tertiary/aromatic N) is 5. The van der Waals surface area contributed by atoms with Gasteiger partial charge >= 0.3 is 0 Å². The monoisotopic (exact) mass is 399 g/mol. The third-order valence-corrected chi connectivity index (χ3v) is 6.52. The van der Waals surface area contributed by atoms with Gasteiger partial charge in [0.05, 0.1) is 17.9 Å². The number of carbonyl (C=O) groups excluding carboxylic acids is 2. The first-order valence-electron chi connectivity index (χ1n) is 9.80. The van der Waals surface area contributed by atoms with Gasteiger partial charge in [-0.2, -0.15) is 0 Å². The molecule has 2 aromatic heterocycles. The van der Waals surface area contributed by atoms with Crippen molar-refractivity contribution in [3.8, 4) is 10.7 Å². The molecule has 2 aliphatic heterocycles. The molecule has 2 saturated heterocycles. The molecule has 2 amide bonds. The highest BCUT2D eigenvalue weighted by Gasteiger charge is 2.27. The summed E-state index contributed by atoms with van der Waals surface area (Å²) in [5.74, 6) is 0.248. The van der Waals surface area contributed by atoms with Gasteiger partial charge in [-0.25, -0.2) is 4.98 Å². The van der Waals surface area contributed by atoms with Crippen LogP contribution in [0, 0.1) is 6.92 Å². The minimum absolute atomic E-state index is 0.0303. The number of thiazole rings is 1. The number of likely N-dealkylation sites (tertiary alicyclic amines) is 1. The van der Waals surface area contributed by atoms with E-state index in [2.05, 4.69) is 14.9 Å². The molecule has 0 bridgehead atoms. The van der Waals surface area contributed by atoms with Crippen LogP contribution in [0.4, 0.5) is 0 Å². The summed E-state index contributed by atoms with van der Waals surface area (Å²) in [5, 5.41) is 0.774. The van der Waals surface area contributed by atoms with Crippen molar-refractivity contribution in [2.45, 2.75) is 19.8 Å². The highest BCUT2D eigenvalue weighted by atomic mass is 32.1. The Bertz CT molecular complexity index is 840. The molecule has 0 radical (unpaired) electrons. The molecule has 2 aromatic rings. The number of pyridine rings is 1. The summed E-state index contributed by atoms with van der Waals surface area (Å²) < 4.78 is 0. The molecular weight excluding hydrogens is 374 g/mol. The van der Waals surface area contributed by atoms with Gasteiger partial charge in [-0.3, -0.25) is 19.5 Å². The molecule has 8 heteroatoms. The van der Waals surface area contributed by atoms with E-state index in [1.807, 2.05) is 34.9 Å². The normalized spacial score (nSPS) is 17.9. The maximum atomic E-state index is 13.0. The molecule has 0 atom stereocenters. The fraction of sp³-hybridized carbons (Fsp3) is 0.500. The molecular formula is C20H25N5O2S. The van der Waals surface area contributed by atoms with E-state index in [9.17, 15) is 9.59 Å². The number of hydrogen-bond acceptors (Lipinski definition) is 6. The smallest absolute Gasteiger partial charge is 0.265 e. The number of piperazine rings is 1. The summed E-state index contributed by atoms with van der Waals surface area (Å²) in [4.78, 5) is 40.8. The van der Waals surface area contributed by atoms with Crippen LogP contribution in [-0.4, -0.2) is 82.3 Å². The average Bonchev–Trinajstić information content (AvgIpc) is 3.39. The van der Waals surface area contributed by atoms with E-state index in [4.69, 9.17) is 0 Å².